The second-order valence-corrected chi connectivity index (χ2v) is 13.2. The van der Waals surface area contributed by atoms with E-state index < -0.39 is 34.1 Å². The molecule has 1 atom stereocenters. The van der Waals surface area contributed by atoms with E-state index in [1.165, 1.54) is 43.4 Å². The summed E-state index contributed by atoms with van der Waals surface area (Å²) in [5.41, 5.74) is 1.21. The van der Waals surface area contributed by atoms with Crippen molar-refractivity contribution in [3.05, 3.63) is 82.9 Å². The molecule has 0 radical (unpaired) electrons. The quantitative estimate of drug-likeness (QED) is 0.318. The molecule has 0 aromatic heterocycles. The van der Waals surface area contributed by atoms with Crippen LogP contribution in [0.15, 0.2) is 71.6 Å². The molecule has 11 heteroatoms. The highest BCUT2D eigenvalue weighted by Crippen LogP contribution is 2.34. The van der Waals surface area contributed by atoms with Crippen molar-refractivity contribution in [3.63, 3.8) is 0 Å². The van der Waals surface area contributed by atoms with Crippen LogP contribution in [0.3, 0.4) is 0 Å². The number of nitrogens with one attached hydrogen (secondary N) is 1. The zero-order valence-electron chi connectivity index (χ0n) is 25.0. The lowest BCUT2D eigenvalue weighted by atomic mass is 10.1. The number of hydrogen-bond acceptors (Lipinski definition) is 6. The van der Waals surface area contributed by atoms with Gasteiger partial charge in [-0.25, -0.2) is 8.42 Å². The van der Waals surface area contributed by atoms with Crippen molar-refractivity contribution in [1.29, 1.82) is 0 Å². The molecule has 1 unspecified atom stereocenters. The van der Waals surface area contributed by atoms with Gasteiger partial charge >= 0.3 is 0 Å². The van der Waals surface area contributed by atoms with Gasteiger partial charge in [0.05, 0.1) is 24.8 Å². The smallest absolute Gasteiger partial charge is 0.264 e. The molecule has 42 heavy (non-hydrogen) atoms. The van der Waals surface area contributed by atoms with Crippen molar-refractivity contribution in [3.8, 4) is 11.5 Å². The van der Waals surface area contributed by atoms with Crippen molar-refractivity contribution in [2.45, 2.75) is 57.6 Å². The summed E-state index contributed by atoms with van der Waals surface area (Å²) in [4.78, 5) is 28.7. The number of rotatable bonds is 11. The molecule has 0 aliphatic rings. The Labute approximate surface area is 253 Å². The molecule has 1 N–H and O–H groups in total. The Kier molecular flexibility index (Phi) is 10.5. The first-order valence-electron chi connectivity index (χ1n) is 13.3. The summed E-state index contributed by atoms with van der Waals surface area (Å²) < 4.78 is 39.8. The van der Waals surface area contributed by atoms with Crippen LogP contribution in [0.4, 0.5) is 5.69 Å². The molecule has 0 fully saturated rings. The Morgan fingerprint density at radius 3 is 2.17 bits per heavy atom. The van der Waals surface area contributed by atoms with Gasteiger partial charge in [0.1, 0.15) is 12.6 Å². The number of carbonyl (C=O) groups is 2. The minimum atomic E-state index is -4.23. The van der Waals surface area contributed by atoms with Crippen LogP contribution in [0.1, 0.15) is 38.8 Å². The number of hydrogen-bond donors (Lipinski definition) is 1. The second kappa shape index (κ2) is 13.5. The number of amides is 2. The average molecular weight is 616 g/mol. The van der Waals surface area contributed by atoms with Gasteiger partial charge in [0, 0.05) is 23.2 Å². The summed E-state index contributed by atoms with van der Waals surface area (Å²) in [5.74, 6) is -0.274. The first-order valence-corrected chi connectivity index (χ1v) is 15.2. The van der Waals surface area contributed by atoms with Crippen molar-refractivity contribution in [2.24, 2.45) is 0 Å². The van der Waals surface area contributed by atoms with Crippen molar-refractivity contribution >= 4 is 39.1 Å². The van der Waals surface area contributed by atoms with Gasteiger partial charge in [0.25, 0.3) is 10.0 Å². The van der Waals surface area contributed by atoms with Crippen LogP contribution in [-0.2, 0) is 26.2 Å². The highest BCUT2D eigenvalue weighted by molar-refractivity contribution is 7.92. The van der Waals surface area contributed by atoms with Gasteiger partial charge in [-0.05, 0) is 76.6 Å². The lowest BCUT2D eigenvalue weighted by Crippen LogP contribution is -2.54. The van der Waals surface area contributed by atoms with Gasteiger partial charge in [-0.3, -0.25) is 13.9 Å². The van der Waals surface area contributed by atoms with Crippen LogP contribution < -0.4 is 19.1 Å². The van der Waals surface area contributed by atoms with Gasteiger partial charge < -0.3 is 19.7 Å². The molecule has 226 valence electrons. The molecule has 0 spiro atoms. The number of aryl methyl sites for hydroxylation is 1. The van der Waals surface area contributed by atoms with Crippen molar-refractivity contribution in [1.82, 2.24) is 10.2 Å². The first-order chi connectivity index (χ1) is 19.7. The van der Waals surface area contributed by atoms with Crippen molar-refractivity contribution in [2.75, 3.05) is 25.1 Å². The zero-order valence-corrected chi connectivity index (χ0v) is 26.5. The highest BCUT2D eigenvalue weighted by atomic mass is 35.5. The molecule has 0 aliphatic carbocycles. The van der Waals surface area contributed by atoms with Crippen LogP contribution in [0, 0.1) is 6.92 Å². The topological polar surface area (TPSA) is 105 Å². The molecular weight excluding hydrogens is 578 g/mol. The minimum absolute atomic E-state index is 0.00981. The fraction of sp³-hybridized carbons (Fsp3) is 0.355. The maximum Gasteiger partial charge on any atom is 0.264 e. The molecule has 0 heterocycles. The van der Waals surface area contributed by atoms with Crippen LogP contribution in [-0.4, -0.2) is 57.5 Å². The lowest BCUT2D eigenvalue weighted by molar-refractivity contribution is -0.140. The molecule has 0 aliphatic heterocycles. The standard InChI is InChI=1S/C31H38ClN3O6S/c1-21-11-14-26(15-12-21)42(38,39)35(25-13-16-27(40-6)28(18-25)41-7)20-29(36)34(19-23-9-8-10-24(32)17-23)22(2)30(37)33-31(3,4)5/h8-18,22H,19-20H2,1-7H3,(H,33,37). The summed E-state index contributed by atoms with van der Waals surface area (Å²) in [5, 5.41) is 3.38. The Balaban J connectivity index is 2.10. The summed E-state index contributed by atoms with van der Waals surface area (Å²) in [7, 11) is -1.32. The monoisotopic (exact) mass is 615 g/mol. The molecule has 3 aromatic rings. The van der Waals surface area contributed by atoms with E-state index in [9.17, 15) is 18.0 Å². The number of anilines is 1. The Hall–Kier alpha value is -3.76. The number of sulfonamides is 1. The minimum Gasteiger partial charge on any atom is -0.493 e. The molecule has 0 bridgehead atoms. The number of nitrogens with zero attached hydrogens (tertiary/aromatic N) is 2. The van der Waals surface area contributed by atoms with Crippen LogP contribution in [0.2, 0.25) is 5.02 Å². The highest BCUT2D eigenvalue weighted by Gasteiger charge is 2.33. The lowest BCUT2D eigenvalue weighted by Gasteiger charge is -2.33. The predicted octanol–water partition coefficient (Wildman–Crippen LogP) is 5.19. The van der Waals surface area contributed by atoms with Gasteiger partial charge in [-0.2, -0.15) is 0 Å². The van der Waals surface area contributed by atoms with Gasteiger partial charge in [0.2, 0.25) is 11.8 Å². The molecule has 9 nitrogen and oxygen atoms in total. The summed E-state index contributed by atoms with van der Waals surface area (Å²) >= 11 is 6.20. The number of benzene rings is 3. The van der Waals surface area contributed by atoms with Crippen LogP contribution in [0.25, 0.3) is 0 Å². The summed E-state index contributed by atoms with van der Waals surface area (Å²) in [6.07, 6.45) is 0. The molecular formula is C31H38ClN3O6S. The van der Waals surface area contributed by atoms with Gasteiger partial charge in [-0.15, -0.1) is 0 Å². The fourth-order valence-corrected chi connectivity index (χ4v) is 5.85. The SMILES string of the molecule is COc1ccc(N(CC(=O)N(Cc2cccc(Cl)c2)C(C)C(=O)NC(C)(C)C)S(=O)(=O)c2ccc(C)cc2)cc1OC. The van der Waals surface area contributed by atoms with Crippen LogP contribution >= 0.6 is 11.6 Å². The number of halogens is 1. The van der Waals surface area contributed by atoms with E-state index in [0.29, 0.717) is 22.1 Å². The van der Waals surface area contributed by atoms with E-state index in [1.807, 2.05) is 27.7 Å². The molecule has 3 aromatic carbocycles. The Bertz CT molecular complexity index is 1520. The summed E-state index contributed by atoms with van der Waals surface area (Å²) in [6, 6.07) is 17.0. The third kappa shape index (κ3) is 8.17. The normalized spacial score (nSPS) is 12.3. The van der Waals surface area contributed by atoms with Gasteiger partial charge in [0.15, 0.2) is 11.5 Å². The van der Waals surface area contributed by atoms with E-state index >= 15 is 0 Å². The first kappa shape index (κ1) is 32.8. The third-order valence-electron chi connectivity index (χ3n) is 6.45. The second-order valence-electron chi connectivity index (χ2n) is 10.9. The molecule has 2 amide bonds. The van der Waals surface area contributed by atoms with Crippen LogP contribution in [0.5, 0.6) is 11.5 Å². The van der Waals surface area contributed by atoms with E-state index in [0.717, 1.165) is 9.87 Å². The number of ether oxygens (including phenoxy) is 2. The zero-order chi connectivity index (χ0) is 31.2. The van der Waals surface area contributed by atoms with Gasteiger partial charge in [-0.1, -0.05) is 41.4 Å². The molecule has 0 saturated heterocycles. The van der Waals surface area contributed by atoms with E-state index in [-0.39, 0.29) is 23.0 Å². The van der Waals surface area contributed by atoms with E-state index in [2.05, 4.69) is 5.32 Å². The van der Waals surface area contributed by atoms with E-state index in [4.69, 9.17) is 21.1 Å². The largest absolute Gasteiger partial charge is 0.493 e. The third-order valence-corrected chi connectivity index (χ3v) is 8.47. The Morgan fingerprint density at radius 2 is 1.60 bits per heavy atom. The number of methoxy groups -OCH3 is 2. The predicted molar refractivity (Wildman–Crippen MR) is 165 cm³/mol. The Morgan fingerprint density at radius 1 is 0.952 bits per heavy atom. The number of carbonyl (C=O) groups excluding carboxylic acids is 2. The summed E-state index contributed by atoms with van der Waals surface area (Å²) in [6.45, 7) is 8.43. The fourth-order valence-electron chi connectivity index (χ4n) is 4.23. The van der Waals surface area contributed by atoms with Crippen molar-refractivity contribution < 1.29 is 27.5 Å². The van der Waals surface area contributed by atoms with E-state index in [1.54, 1.807) is 49.4 Å². The molecule has 3 rings (SSSR count). The average Bonchev–Trinajstić information content (AvgIpc) is 2.93. The maximum atomic E-state index is 14.1. The maximum absolute atomic E-state index is 14.1. The molecule has 0 saturated carbocycles.